The van der Waals surface area contributed by atoms with E-state index in [9.17, 15) is 14.4 Å². The Bertz CT molecular complexity index is 959. The SMILES string of the molecule is O=C(Cn1c(=O)[nH]c2ccccc21)NNC(=O)c1ccc(Br)cc1. The van der Waals surface area contributed by atoms with Crippen LogP contribution >= 0.6 is 15.9 Å². The van der Waals surface area contributed by atoms with Gasteiger partial charge in [-0.05, 0) is 36.4 Å². The molecule has 0 aliphatic carbocycles. The lowest BCUT2D eigenvalue weighted by atomic mass is 10.2. The third-order valence-corrected chi connectivity index (χ3v) is 3.93. The molecule has 0 saturated carbocycles. The summed E-state index contributed by atoms with van der Waals surface area (Å²) in [6, 6.07) is 13.7. The number of hydrogen-bond acceptors (Lipinski definition) is 3. The Morgan fingerprint density at radius 2 is 1.75 bits per heavy atom. The van der Waals surface area contributed by atoms with Crippen LogP contribution in [0.25, 0.3) is 11.0 Å². The smallest absolute Gasteiger partial charge is 0.306 e. The van der Waals surface area contributed by atoms with Gasteiger partial charge in [0.25, 0.3) is 11.8 Å². The maximum Gasteiger partial charge on any atom is 0.326 e. The fourth-order valence-corrected chi connectivity index (χ4v) is 2.51. The lowest BCUT2D eigenvalue weighted by molar-refractivity contribution is -0.122. The predicted molar refractivity (Wildman–Crippen MR) is 92.3 cm³/mol. The number of rotatable bonds is 3. The Hall–Kier alpha value is -2.87. The highest BCUT2D eigenvalue weighted by Gasteiger charge is 2.11. The fourth-order valence-electron chi connectivity index (χ4n) is 2.25. The first kappa shape index (κ1) is 16.0. The molecule has 24 heavy (non-hydrogen) atoms. The third kappa shape index (κ3) is 3.38. The van der Waals surface area contributed by atoms with Gasteiger partial charge in [0.05, 0.1) is 11.0 Å². The summed E-state index contributed by atoms with van der Waals surface area (Å²) in [5.74, 6) is -0.950. The first-order chi connectivity index (χ1) is 11.5. The van der Waals surface area contributed by atoms with Gasteiger partial charge in [0.15, 0.2) is 0 Å². The number of aromatic nitrogens is 2. The largest absolute Gasteiger partial charge is 0.326 e. The van der Waals surface area contributed by atoms with Crippen molar-refractivity contribution in [3.05, 3.63) is 69.1 Å². The molecule has 0 atom stereocenters. The van der Waals surface area contributed by atoms with Crippen molar-refractivity contribution in [2.75, 3.05) is 0 Å². The zero-order valence-electron chi connectivity index (χ0n) is 12.4. The van der Waals surface area contributed by atoms with Crippen molar-refractivity contribution in [1.29, 1.82) is 0 Å². The number of hydrazine groups is 1. The highest BCUT2D eigenvalue weighted by atomic mass is 79.9. The highest BCUT2D eigenvalue weighted by Crippen LogP contribution is 2.10. The van der Waals surface area contributed by atoms with Crippen LogP contribution in [-0.4, -0.2) is 21.4 Å². The maximum atomic E-state index is 12.0. The molecule has 0 radical (unpaired) electrons. The van der Waals surface area contributed by atoms with Crippen LogP contribution in [0.4, 0.5) is 0 Å². The Morgan fingerprint density at radius 1 is 1.04 bits per heavy atom. The quantitative estimate of drug-likeness (QED) is 0.594. The van der Waals surface area contributed by atoms with Gasteiger partial charge >= 0.3 is 5.69 Å². The molecule has 7 nitrogen and oxygen atoms in total. The second-order valence-corrected chi connectivity index (χ2v) is 5.96. The Morgan fingerprint density at radius 3 is 2.50 bits per heavy atom. The molecule has 1 aromatic heterocycles. The topological polar surface area (TPSA) is 96.0 Å². The van der Waals surface area contributed by atoms with Crippen LogP contribution in [-0.2, 0) is 11.3 Å². The van der Waals surface area contributed by atoms with E-state index >= 15 is 0 Å². The number of carbonyl (C=O) groups excluding carboxylic acids is 2. The molecule has 8 heteroatoms. The second-order valence-electron chi connectivity index (χ2n) is 5.04. The van der Waals surface area contributed by atoms with E-state index in [0.717, 1.165) is 4.47 Å². The second kappa shape index (κ2) is 6.71. The van der Waals surface area contributed by atoms with Crippen molar-refractivity contribution in [3.63, 3.8) is 0 Å². The fraction of sp³-hybridized carbons (Fsp3) is 0.0625. The van der Waals surface area contributed by atoms with Crippen molar-refractivity contribution in [2.24, 2.45) is 0 Å². The van der Waals surface area contributed by atoms with Crippen molar-refractivity contribution in [3.8, 4) is 0 Å². The van der Waals surface area contributed by atoms with Gasteiger partial charge in [0, 0.05) is 10.0 Å². The predicted octanol–water partition coefficient (Wildman–Crippen LogP) is 1.55. The van der Waals surface area contributed by atoms with E-state index in [-0.39, 0.29) is 12.2 Å². The third-order valence-electron chi connectivity index (χ3n) is 3.41. The monoisotopic (exact) mass is 388 g/mol. The molecular formula is C16H13BrN4O3. The number of nitrogens with one attached hydrogen (secondary N) is 3. The number of nitrogens with zero attached hydrogens (tertiary/aromatic N) is 1. The molecule has 0 spiro atoms. The van der Waals surface area contributed by atoms with E-state index in [2.05, 4.69) is 31.8 Å². The summed E-state index contributed by atoms with van der Waals surface area (Å²) in [5.41, 5.74) is 5.91. The van der Waals surface area contributed by atoms with Crippen LogP contribution in [0.1, 0.15) is 10.4 Å². The van der Waals surface area contributed by atoms with Crippen molar-refractivity contribution < 1.29 is 9.59 Å². The van der Waals surface area contributed by atoms with Gasteiger partial charge in [-0.3, -0.25) is 25.0 Å². The number of aromatic amines is 1. The molecule has 122 valence electrons. The van der Waals surface area contributed by atoms with Gasteiger partial charge in [0.2, 0.25) is 0 Å². The summed E-state index contributed by atoms with van der Waals surface area (Å²) in [5, 5.41) is 0. The summed E-state index contributed by atoms with van der Waals surface area (Å²) in [6.45, 7) is -0.205. The zero-order chi connectivity index (χ0) is 17.1. The minimum atomic E-state index is -0.507. The number of fused-ring (bicyclic) bond motifs is 1. The van der Waals surface area contributed by atoms with Gasteiger partial charge in [-0.2, -0.15) is 0 Å². The summed E-state index contributed by atoms with van der Waals surface area (Å²) >= 11 is 3.28. The average Bonchev–Trinajstić information content (AvgIpc) is 2.89. The summed E-state index contributed by atoms with van der Waals surface area (Å²) in [4.78, 5) is 38.5. The van der Waals surface area contributed by atoms with Crippen LogP contribution in [0.15, 0.2) is 57.8 Å². The molecule has 3 N–H and O–H groups in total. The molecule has 0 saturated heterocycles. The number of amides is 2. The van der Waals surface area contributed by atoms with Crippen LogP contribution < -0.4 is 16.5 Å². The molecule has 0 fully saturated rings. The van der Waals surface area contributed by atoms with E-state index in [1.807, 2.05) is 0 Å². The summed E-state index contributed by atoms with van der Waals surface area (Å²) < 4.78 is 2.15. The minimum absolute atomic E-state index is 0.205. The van der Waals surface area contributed by atoms with E-state index in [0.29, 0.717) is 16.6 Å². The van der Waals surface area contributed by atoms with Crippen LogP contribution in [0, 0.1) is 0 Å². The van der Waals surface area contributed by atoms with Crippen molar-refractivity contribution in [1.82, 2.24) is 20.4 Å². The van der Waals surface area contributed by atoms with Crippen molar-refractivity contribution >= 4 is 38.8 Å². The summed E-state index contributed by atoms with van der Waals surface area (Å²) in [6.07, 6.45) is 0. The Kier molecular flexibility index (Phi) is 4.48. The molecule has 0 aliphatic heterocycles. The number of imidazole rings is 1. The standard InChI is InChI=1S/C16H13BrN4O3/c17-11-7-5-10(6-8-11)15(23)20-19-14(22)9-21-13-4-2-1-3-12(13)18-16(21)24/h1-8H,9H2,(H,18,24)(H,19,22)(H,20,23). The molecule has 0 bridgehead atoms. The van der Waals surface area contributed by atoms with E-state index in [4.69, 9.17) is 0 Å². The molecule has 0 unspecified atom stereocenters. The molecule has 2 amide bonds. The first-order valence-corrected chi connectivity index (χ1v) is 7.86. The number of carbonyl (C=O) groups is 2. The molecule has 2 aromatic carbocycles. The number of H-pyrrole nitrogens is 1. The normalized spacial score (nSPS) is 10.5. The molecule has 3 aromatic rings. The van der Waals surface area contributed by atoms with Gasteiger partial charge < -0.3 is 4.98 Å². The minimum Gasteiger partial charge on any atom is -0.306 e. The molecule has 3 rings (SSSR count). The number of para-hydroxylation sites is 2. The van der Waals surface area contributed by atoms with Crippen LogP contribution in [0.3, 0.4) is 0 Å². The van der Waals surface area contributed by atoms with Gasteiger partial charge in [-0.1, -0.05) is 28.1 Å². The highest BCUT2D eigenvalue weighted by molar-refractivity contribution is 9.10. The molecule has 1 heterocycles. The number of benzene rings is 2. The Labute approximate surface area is 144 Å². The lowest BCUT2D eigenvalue weighted by Gasteiger charge is -2.08. The first-order valence-electron chi connectivity index (χ1n) is 7.07. The average molecular weight is 389 g/mol. The van der Waals surface area contributed by atoms with Gasteiger partial charge in [0.1, 0.15) is 6.54 Å². The molecule has 0 aliphatic rings. The van der Waals surface area contributed by atoms with E-state index in [1.54, 1.807) is 48.5 Å². The van der Waals surface area contributed by atoms with E-state index < -0.39 is 11.8 Å². The zero-order valence-corrected chi connectivity index (χ0v) is 14.0. The molecular weight excluding hydrogens is 376 g/mol. The van der Waals surface area contributed by atoms with Crippen LogP contribution in [0.5, 0.6) is 0 Å². The van der Waals surface area contributed by atoms with Crippen molar-refractivity contribution in [2.45, 2.75) is 6.54 Å². The van der Waals surface area contributed by atoms with Gasteiger partial charge in [-0.15, -0.1) is 0 Å². The summed E-state index contributed by atoms with van der Waals surface area (Å²) in [7, 11) is 0. The van der Waals surface area contributed by atoms with E-state index in [1.165, 1.54) is 4.57 Å². The van der Waals surface area contributed by atoms with Crippen LogP contribution in [0.2, 0.25) is 0 Å². The lowest BCUT2D eigenvalue weighted by Crippen LogP contribution is -2.44. The number of halogens is 1. The maximum absolute atomic E-state index is 12.0. The van der Waals surface area contributed by atoms with Gasteiger partial charge in [-0.25, -0.2) is 4.79 Å². The Balaban J connectivity index is 1.65. The number of hydrogen-bond donors (Lipinski definition) is 3.